The third-order valence-corrected chi connectivity index (χ3v) is 4.56. The maximum absolute atomic E-state index is 11.9. The van der Waals surface area contributed by atoms with Gasteiger partial charge in [0.05, 0.1) is 12.8 Å². The van der Waals surface area contributed by atoms with Crippen molar-refractivity contribution in [2.45, 2.75) is 46.1 Å². The van der Waals surface area contributed by atoms with E-state index < -0.39 is 0 Å². The molecule has 1 aromatic heterocycles. The second kappa shape index (κ2) is 10.6. The minimum atomic E-state index is -0.118. The number of furan rings is 1. The Balaban J connectivity index is 0.00000288. The first-order valence-electron chi connectivity index (χ1n) is 8.49. The fraction of sp³-hybridized carbons (Fsp3) is 0.647. The monoisotopic (exact) mass is 448 g/mol. The lowest BCUT2D eigenvalue weighted by Crippen LogP contribution is -2.46. The molecule has 1 aliphatic carbocycles. The van der Waals surface area contributed by atoms with Gasteiger partial charge in [-0.2, -0.15) is 0 Å². The van der Waals surface area contributed by atoms with Gasteiger partial charge in [-0.25, -0.2) is 4.99 Å². The van der Waals surface area contributed by atoms with Crippen LogP contribution >= 0.6 is 24.0 Å². The maximum Gasteiger partial charge on any atom is 0.242 e. The zero-order chi connectivity index (χ0) is 16.5. The second-order valence-electron chi connectivity index (χ2n) is 6.11. The second-order valence-corrected chi connectivity index (χ2v) is 6.11. The standard InChI is InChI=1S/C17H28N4O2.HI/c1-3-17(8-6-9-17)13-21-16(18-4-2)20-12-15(22)19-11-14-7-5-10-23-14;/h5,7,10H,3-4,6,8-9,11-13H2,1-2H3,(H,19,22)(H2,18,20,21);1H. The quantitative estimate of drug-likeness (QED) is 0.325. The van der Waals surface area contributed by atoms with E-state index in [-0.39, 0.29) is 36.4 Å². The summed E-state index contributed by atoms with van der Waals surface area (Å²) in [5.41, 5.74) is 0.414. The van der Waals surface area contributed by atoms with Crippen molar-refractivity contribution in [1.29, 1.82) is 0 Å². The molecule has 0 saturated heterocycles. The predicted molar refractivity (Wildman–Crippen MR) is 107 cm³/mol. The van der Waals surface area contributed by atoms with Gasteiger partial charge in [0.2, 0.25) is 5.91 Å². The molecule has 24 heavy (non-hydrogen) atoms. The smallest absolute Gasteiger partial charge is 0.242 e. The Morgan fingerprint density at radius 3 is 2.62 bits per heavy atom. The van der Waals surface area contributed by atoms with Crippen LogP contribution in [0, 0.1) is 5.41 Å². The first kappa shape index (κ1) is 20.8. The maximum atomic E-state index is 11.9. The van der Waals surface area contributed by atoms with Crippen molar-refractivity contribution in [3.63, 3.8) is 0 Å². The Kier molecular flexibility index (Phi) is 9.17. The molecule has 3 N–H and O–H groups in total. The zero-order valence-corrected chi connectivity index (χ0v) is 16.9. The molecule has 0 radical (unpaired) electrons. The summed E-state index contributed by atoms with van der Waals surface area (Å²) in [6, 6.07) is 3.63. The Bertz CT molecular complexity index is 507. The van der Waals surface area contributed by atoms with Gasteiger partial charge in [0.25, 0.3) is 0 Å². The average Bonchev–Trinajstić information content (AvgIpc) is 3.03. The molecule has 0 bridgehead atoms. The Hall–Kier alpha value is -1.25. The molecule has 0 aliphatic heterocycles. The number of guanidine groups is 1. The van der Waals surface area contributed by atoms with Crippen molar-refractivity contribution >= 4 is 35.8 Å². The van der Waals surface area contributed by atoms with E-state index >= 15 is 0 Å². The third kappa shape index (κ3) is 6.33. The molecule has 1 fully saturated rings. The topological polar surface area (TPSA) is 78.7 Å². The fourth-order valence-electron chi connectivity index (χ4n) is 2.75. The van der Waals surface area contributed by atoms with Gasteiger partial charge in [-0.3, -0.25) is 4.79 Å². The van der Waals surface area contributed by atoms with Crippen LogP contribution in [-0.4, -0.2) is 31.5 Å². The molecule has 0 unspecified atom stereocenters. The molecular formula is C17H29IN4O2. The summed E-state index contributed by atoms with van der Waals surface area (Å²) in [6.07, 6.45) is 6.65. The van der Waals surface area contributed by atoms with Crippen LogP contribution in [0.4, 0.5) is 0 Å². The van der Waals surface area contributed by atoms with E-state index in [0.29, 0.717) is 17.9 Å². The number of carbonyl (C=O) groups excluding carboxylic acids is 1. The van der Waals surface area contributed by atoms with Gasteiger partial charge < -0.3 is 20.4 Å². The van der Waals surface area contributed by atoms with E-state index in [0.717, 1.165) is 18.8 Å². The molecule has 1 aromatic rings. The molecule has 6 nitrogen and oxygen atoms in total. The highest BCUT2D eigenvalue weighted by Gasteiger charge is 2.34. The van der Waals surface area contributed by atoms with Crippen LogP contribution < -0.4 is 16.0 Å². The average molecular weight is 448 g/mol. The molecule has 0 aromatic carbocycles. The number of aliphatic imine (C=N–C) groups is 1. The van der Waals surface area contributed by atoms with Gasteiger partial charge >= 0.3 is 0 Å². The first-order valence-corrected chi connectivity index (χ1v) is 8.49. The van der Waals surface area contributed by atoms with Gasteiger partial charge in [0.1, 0.15) is 12.3 Å². The highest BCUT2D eigenvalue weighted by atomic mass is 127. The summed E-state index contributed by atoms with van der Waals surface area (Å²) < 4.78 is 5.18. The van der Waals surface area contributed by atoms with E-state index in [9.17, 15) is 4.79 Å². The summed E-state index contributed by atoms with van der Waals surface area (Å²) >= 11 is 0. The number of nitrogens with one attached hydrogen (secondary N) is 3. The lowest BCUT2D eigenvalue weighted by Gasteiger charge is -2.41. The number of amides is 1. The lowest BCUT2D eigenvalue weighted by molar-refractivity contribution is -0.119. The van der Waals surface area contributed by atoms with Crippen LogP contribution in [0.3, 0.4) is 0 Å². The normalized spacial score (nSPS) is 15.8. The molecule has 2 rings (SSSR count). The van der Waals surface area contributed by atoms with Crippen molar-refractivity contribution in [3.8, 4) is 0 Å². The molecule has 1 amide bonds. The predicted octanol–water partition coefficient (Wildman–Crippen LogP) is 2.65. The van der Waals surface area contributed by atoms with Crippen LogP contribution in [0.2, 0.25) is 0 Å². The van der Waals surface area contributed by atoms with Gasteiger partial charge in [-0.05, 0) is 43.7 Å². The largest absolute Gasteiger partial charge is 0.467 e. The highest BCUT2D eigenvalue weighted by molar-refractivity contribution is 14.0. The lowest BCUT2D eigenvalue weighted by atomic mass is 9.67. The minimum Gasteiger partial charge on any atom is -0.467 e. The highest BCUT2D eigenvalue weighted by Crippen LogP contribution is 2.42. The van der Waals surface area contributed by atoms with E-state index in [1.807, 2.05) is 13.0 Å². The van der Waals surface area contributed by atoms with Gasteiger partial charge in [0.15, 0.2) is 5.96 Å². The van der Waals surface area contributed by atoms with Crippen molar-refractivity contribution < 1.29 is 9.21 Å². The van der Waals surface area contributed by atoms with Crippen molar-refractivity contribution in [3.05, 3.63) is 24.2 Å². The van der Waals surface area contributed by atoms with Crippen LogP contribution in [0.5, 0.6) is 0 Å². The summed E-state index contributed by atoms with van der Waals surface area (Å²) in [4.78, 5) is 16.2. The van der Waals surface area contributed by atoms with E-state index in [1.54, 1.807) is 12.3 Å². The Morgan fingerprint density at radius 1 is 1.29 bits per heavy atom. The van der Waals surface area contributed by atoms with Crippen molar-refractivity contribution in [2.75, 3.05) is 19.6 Å². The molecular weight excluding hydrogens is 419 g/mol. The number of halogens is 1. The third-order valence-electron chi connectivity index (χ3n) is 4.56. The first-order chi connectivity index (χ1) is 11.2. The molecule has 1 aliphatic rings. The SMILES string of the molecule is CCNC(=NCC(=O)NCc1ccco1)NCC1(CC)CCC1.I. The van der Waals surface area contributed by atoms with Crippen LogP contribution in [0.1, 0.15) is 45.3 Å². The zero-order valence-electron chi connectivity index (χ0n) is 14.6. The number of hydrogen-bond acceptors (Lipinski definition) is 3. The Morgan fingerprint density at radius 2 is 2.08 bits per heavy atom. The molecule has 1 saturated carbocycles. The van der Waals surface area contributed by atoms with Gasteiger partial charge in [-0.15, -0.1) is 24.0 Å². The van der Waals surface area contributed by atoms with Crippen molar-refractivity contribution in [1.82, 2.24) is 16.0 Å². The van der Waals surface area contributed by atoms with Gasteiger partial charge in [0, 0.05) is 13.1 Å². The van der Waals surface area contributed by atoms with Gasteiger partial charge in [-0.1, -0.05) is 13.3 Å². The number of rotatable bonds is 8. The molecule has 1 heterocycles. The minimum absolute atomic E-state index is 0. The van der Waals surface area contributed by atoms with Crippen LogP contribution in [-0.2, 0) is 11.3 Å². The molecule has 7 heteroatoms. The number of hydrogen-bond donors (Lipinski definition) is 3. The van der Waals surface area contributed by atoms with E-state index in [1.165, 1.54) is 25.7 Å². The summed E-state index contributed by atoms with van der Waals surface area (Å²) in [5.74, 6) is 1.33. The molecule has 0 spiro atoms. The van der Waals surface area contributed by atoms with E-state index in [2.05, 4.69) is 27.9 Å². The number of carbonyl (C=O) groups is 1. The van der Waals surface area contributed by atoms with Crippen LogP contribution in [0.25, 0.3) is 0 Å². The van der Waals surface area contributed by atoms with Crippen molar-refractivity contribution in [2.24, 2.45) is 10.4 Å². The van der Waals surface area contributed by atoms with E-state index in [4.69, 9.17) is 4.42 Å². The summed E-state index contributed by atoms with van der Waals surface area (Å²) in [5, 5.41) is 9.37. The number of nitrogens with zero attached hydrogens (tertiary/aromatic N) is 1. The summed E-state index contributed by atoms with van der Waals surface area (Å²) in [6.45, 7) is 6.46. The van der Waals surface area contributed by atoms with Crippen LogP contribution in [0.15, 0.2) is 27.8 Å². The molecule has 0 atom stereocenters. The summed E-state index contributed by atoms with van der Waals surface area (Å²) in [7, 11) is 0. The molecule has 136 valence electrons. The fourth-order valence-corrected chi connectivity index (χ4v) is 2.75. The Labute approximate surface area is 161 Å².